The van der Waals surface area contributed by atoms with E-state index in [1.54, 1.807) is 0 Å². The number of fused-ring (bicyclic) bond motifs is 2. The van der Waals surface area contributed by atoms with Crippen LogP contribution in [0.25, 0.3) is 0 Å². The van der Waals surface area contributed by atoms with E-state index >= 15 is 0 Å². The molecule has 3 unspecified atom stereocenters. The second kappa shape index (κ2) is 4.28. The molecule has 3 atom stereocenters. The maximum absolute atomic E-state index is 11.4. The van der Waals surface area contributed by atoms with Crippen molar-refractivity contribution < 1.29 is 14.6 Å². The summed E-state index contributed by atoms with van der Waals surface area (Å²) in [5.41, 5.74) is 0. The molecule has 0 aromatic heterocycles. The molecule has 4 nitrogen and oxygen atoms in total. The number of hydrogen-bond acceptors (Lipinski definition) is 3. The molecule has 2 bridgehead atoms. The highest BCUT2D eigenvalue weighted by atomic mass is 16.5. The molecule has 14 heavy (non-hydrogen) atoms. The summed E-state index contributed by atoms with van der Waals surface area (Å²) in [5, 5.41) is 11.5. The second-order valence-electron chi connectivity index (χ2n) is 4.11. The smallest absolute Gasteiger partial charge is 0.220 e. The first-order valence-corrected chi connectivity index (χ1v) is 5.35. The van der Waals surface area contributed by atoms with E-state index in [2.05, 4.69) is 5.32 Å². The Morgan fingerprint density at radius 3 is 2.93 bits per heavy atom. The van der Waals surface area contributed by atoms with Crippen LogP contribution in [-0.4, -0.2) is 35.9 Å². The van der Waals surface area contributed by atoms with Gasteiger partial charge in [-0.15, -0.1) is 0 Å². The van der Waals surface area contributed by atoms with Gasteiger partial charge in [0.25, 0.3) is 0 Å². The van der Waals surface area contributed by atoms with Gasteiger partial charge in [-0.05, 0) is 25.7 Å². The molecular weight excluding hydrogens is 182 g/mol. The minimum Gasteiger partial charge on any atom is -0.396 e. The zero-order valence-electron chi connectivity index (χ0n) is 8.24. The van der Waals surface area contributed by atoms with Gasteiger partial charge in [0.15, 0.2) is 0 Å². The van der Waals surface area contributed by atoms with Crippen LogP contribution < -0.4 is 5.32 Å². The van der Waals surface area contributed by atoms with E-state index < -0.39 is 0 Å². The number of carbonyl (C=O) groups is 1. The van der Waals surface area contributed by atoms with Gasteiger partial charge in [-0.1, -0.05) is 0 Å². The zero-order chi connectivity index (χ0) is 9.97. The fraction of sp³-hybridized carbons (Fsp3) is 0.900. The number of nitrogens with one attached hydrogen (secondary N) is 1. The molecule has 4 heteroatoms. The van der Waals surface area contributed by atoms with Crippen LogP contribution in [0, 0.1) is 0 Å². The number of amides is 1. The monoisotopic (exact) mass is 199 g/mol. The standard InChI is InChI=1S/C10H17NO3/c12-5-1-2-10(13)11-8-6-7-3-4-9(8)14-7/h7-9,12H,1-6H2,(H,11,13). The van der Waals surface area contributed by atoms with Crippen LogP contribution in [0.4, 0.5) is 0 Å². The lowest BCUT2D eigenvalue weighted by Gasteiger charge is -2.19. The van der Waals surface area contributed by atoms with Gasteiger partial charge in [0.2, 0.25) is 5.91 Å². The highest BCUT2D eigenvalue weighted by Gasteiger charge is 2.41. The van der Waals surface area contributed by atoms with E-state index in [0.29, 0.717) is 18.9 Å². The molecule has 0 aliphatic carbocycles. The summed E-state index contributed by atoms with van der Waals surface area (Å²) < 4.78 is 5.63. The summed E-state index contributed by atoms with van der Waals surface area (Å²) in [5.74, 6) is 0.0419. The molecule has 0 radical (unpaired) electrons. The quantitative estimate of drug-likeness (QED) is 0.679. The van der Waals surface area contributed by atoms with Crippen molar-refractivity contribution in [2.75, 3.05) is 6.61 Å². The first kappa shape index (κ1) is 9.93. The van der Waals surface area contributed by atoms with Crippen LogP contribution in [0.3, 0.4) is 0 Å². The number of aliphatic hydroxyl groups excluding tert-OH is 1. The molecule has 2 aliphatic rings. The topological polar surface area (TPSA) is 58.6 Å². The molecule has 2 heterocycles. The molecule has 0 saturated carbocycles. The summed E-state index contributed by atoms with van der Waals surface area (Å²) in [6.07, 6.45) is 4.79. The first-order valence-electron chi connectivity index (χ1n) is 5.35. The van der Waals surface area contributed by atoms with Crippen molar-refractivity contribution >= 4 is 5.91 Å². The largest absolute Gasteiger partial charge is 0.396 e. The average molecular weight is 199 g/mol. The lowest BCUT2D eigenvalue weighted by Crippen LogP contribution is -2.41. The Hall–Kier alpha value is -0.610. The Bertz CT molecular complexity index is 219. The summed E-state index contributed by atoms with van der Waals surface area (Å²) >= 11 is 0. The van der Waals surface area contributed by atoms with E-state index in [1.165, 1.54) is 0 Å². The molecule has 0 spiro atoms. The van der Waals surface area contributed by atoms with Crippen molar-refractivity contribution in [3.63, 3.8) is 0 Å². The van der Waals surface area contributed by atoms with E-state index in [-0.39, 0.29) is 24.7 Å². The number of hydrogen-bond donors (Lipinski definition) is 2. The van der Waals surface area contributed by atoms with Gasteiger partial charge in [-0.2, -0.15) is 0 Å². The average Bonchev–Trinajstić information content (AvgIpc) is 2.76. The van der Waals surface area contributed by atoms with Gasteiger partial charge in [-0.25, -0.2) is 0 Å². The molecule has 1 amide bonds. The van der Waals surface area contributed by atoms with Crippen LogP contribution in [-0.2, 0) is 9.53 Å². The summed E-state index contributed by atoms with van der Waals surface area (Å²) in [4.78, 5) is 11.4. The Morgan fingerprint density at radius 2 is 2.36 bits per heavy atom. The SMILES string of the molecule is O=C(CCCO)NC1CC2CCC1O2. The lowest BCUT2D eigenvalue weighted by molar-refractivity contribution is -0.122. The predicted octanol–water partition coefficient (Wildman–Crippen LogP) is 0.195. The fourth-order valence-electron chi connectivity index (χ4n) is 2.31. The van der Waals surface area contributed by atoms with Gasteiger partial charge in [-0.3, -0.25) is 4.79 Å². The molecular formula is C10H17NO3. The van der Waals surface area contributed by atoms with E-state index in [9.17, 15) is 4.79 Å². The number of ether oxygens (including phenoxy) is 1. The highest BCUT2D eigenvalue weighted by Crippen LogP contribution is 2.34. The zero-order valence-corrected chi connectivity index (χ0v) is 8.24. The predicted molar refractivity (Wildman–Crippen MR) is 50.8 cm³/mol. The third kappa shape index (κ3) is 2.07. The van der Waals surface area contributed by atoms with Crippen molar-refractivity contribution in [2.45, 2.75) is 50.4 Å². The van der Waals surface area contributed by atoms with E-state index in [4.69, 9.17) is 9.84 Å². The van der Waals surface area contributed by atoms with Crippen LogP contribution in [0.5, 0.6) is 0 Å². The molecule has 2 rings (SSSR count). The molecule has 2 N–H and O–H groups in total. The Balaban J connectivity index is 1.73. The fourth-order valence-corrected chi connectivity index (χ4v) is 2.31. The maximum Gasteiger partial charge on any atom is 0.220 e. The molecule has 2 saturated heterocycles. The van der Waals surface area contributed by atoms with Gasteiger partial charge in [0.05, 0.1) is 18.2 Å². The van der Waals surface area contributed by atoms with Crippen molar-refractivity contribution in [3.05, 3.63) is 0 Å². The van der Waals surface area contributed by atoms with Crippen molar-refractivity contribution in [2.24, 2.45) is 0 Å². The maximum atomic E-state index is 11.4. The molecule has 80 valence electrons. The first-order chi connectivity index (χ1) is 6.79. The van der Waals surface area contributed by atoms with E-state index in [1.807, 2.05) is 0 Å². The summed E-state index contributed by atoms with van der Waals surface area (Å²) in [6.45, 7) is 0.0840. The number of aliphatic hydroxyl groups is 1. The van der Waals surface area contributed by atoms with Gasteiger partial charge in [0, 0.05) is 13.0 Å². The minimum absolute atomic E-state index is 0.0419. The Labute approximate surface area is 83.6 Å². The van der Waals surface area contributed by atoms with Crippen molar-refractivity contribution in [1.29, 1.82) is 0 Å². The summed E-state index contributed by atoms with van der Waals surface area (Å²) in [7, 11) is 0. The third-order valence-corrected chi connectivity index (χ3v) is 3.01. The molecule has 0 aromatic carbocycles. The number of rotatable bonds is 4. The lowest BCUT2D eigenvalue weighted by atomic mass is 9.95. The van der Waals surface area contributed by atoms with Gasteiger partial charge >= 0.3 is 0 Å². The van der Waals surface area contributed by atoms with Crippen molar-refractivity contribution in [3.8, 4) is 0 Å². The van der Waals surface area contributed by atoms with Crippen LogP contribution in [0.2, 0.25) is 0 Å². The van der Waals surface area contributed by atoms with Crippen LogP contribution >= 0.6 is 0 Å². The molecule has 0 aromatic rings. The Kier molecular flexibility index (Phi) is 3.03. The summed E-state index contributed by atoms with van der Waals surface area (Å²) in [6, 6.07) is 0.222. The normalized spacial score (nSPS) is 34.8. The van der Waals surface area contributed by atoms with Gasteiger partial charge in [0.1, 0.15) is 0 Å². The molecule has 2 fully saturated rings. The third-order valence-electron chi connectivity index (χ3n) is 3.01. The molecule has 2 aliphatic heterocycles. The second-order valence-corrected chi connectivity index (χ2v) is 4.11. The Morgan fingerprint density at radius 1 is 1.50 bits per heavy atom. The highest BCUT2D eigenvalue weighted by molar-refractivity contribution is 5.76. The van der Waals surface area contributed by atoms with E-state index in [0.717, 1.165) is 19.3 Å². The van der Waals surface area contributed by atoms with Crippen LogP contribution in [0.15, 0.2) is 0 Å². The van der Waals surface area contributed by atoms with Crippen LogP contribution in [0.1, 0.15) is 32.1 Å². The van der Waals surface area contributed by atoms with Gasteiger partial charge < -0.3 is 15.2 Å². The number of carbonyl (C=O) groups excluding carboxylic acids is 1. The minimum atomic E-state index is 0.0419. The van der Waals surface area contributed by atoms with Crippen molar-refractivity contribution in [1.82, 2.24) is 5.32 Å².